The van der Waals surface area contributed by atoms with E-state index >= 15 is 0 Å². The van der Waals surface area contributed by atoms with Gasteiger partial charge >= 0.3 is 0 Å². The summed E-state index contributed by atoms with van der Waals surface area (Å²) >= 11 is 0. The third-order valence-electron chi connectivity index (χ3n) is 6.91. The molecule has 9 heteroatoms. The first-order valence-electron chi connectivity index (χ1n) is 13.0. The molecule has 41 heavy (non-hydrogen) atoms. The highest BCUT2D eigenvalue weighted by molar-refractivity contribution is 5.98. The van der Waals surface area contributed by atoms with Crippen LogP contribution in [0.1, 0.15) is 39.4 Å². The molecule has 2 heterocycles. The molecule has 1 fully saturated rings. The van der Waals surface area contributed by atoms with Gasteiger partial charge in [-0.25, -0.2) is 4.98 Å². The van der Waals surface area contributed by atoms with E-state index in [9.17, 15) is 14.9 Å². The van der Waals surface area contributed by atoms with Crippen molar-refractivity contribution >= 4 is 17.6 Å². The summed E-state index contributed by atoms with van der Waals surface area (Å²) in [5, 5.41) is 12.3. The Kier molecular flexibility index (Phi) is 8.11. The molecule has 3 aromatic carbocycles. The van der Waals surface area contributed by atoms with Gasteiger partial charge in [-0.15, -0.1) is 0 Å². The lowest BCUT2D eigenvalue weighted by Crippen LogP contribution is -2.27. The number of para-hydroxylation sites is 1. The predicted molar refractivity (Wildman–Crippen MR) is 152 cm³/mol. The first-order valence-corrected chi connectivity index (χ1v) is 13.0. The van der Waals surface area contributed by atoms with Crippen molar-refractivity contribution in [1.82, 2.24) is 10.3 Å². The SMILES string of the molecule is COc1ccc(CNC(=O)c2ccnc(N3C[C@@H](c4ccc(OC)c(Oc5ccccc5C#N)c4)CC3=O)c2)cc1. The minimum atomic E-state index is -0.262. The van der Waals surface area contributed by atoms with Gasteiger partial charge < -0.3 is 19.5 Å². The Morgan fingerprint density at radius 2 is 1.80 bits per heavy atom. The highest BCUT2D eigenvalue weighted by Gasteiger charge is 2.33. The van der Waals surface area contributed by atoms with E-state index in [-0.39, 0.29) is 24.2 Å². The van der Waals surface area contributed by atoms with Gasteiger partial charge in [0.15, 0.2) is 11.5 Å². The van der Waals surface area contributed by atoms with E-state index in [1.807, 2.05) is 36.4 Å². The van der Waals surface area contributed by atoms with Gasteiger partial charge in [0, 0.05) is 37.2 Å². The van der Waals surface area contributed by atoms with Crippen LogP contribution < -0.4 is 24.4 Å². The summed E-state index contributed by atoms with van der Waals surface area (Å²) in [4.78, 5) is 31.9. The molecule has 9 nitrogen and oxygen atoms in total. The number of rotatable bonds is 9. The number of nitriles is 1. The Morgan fingerprint density at radius 1 is 1.00 bits per heavy atom. The molecule has 5 rings (SSSR count). The summed E-state index contributed by atoms with van der Waals surface area (Å²) < 4.78 is 16.7. The maximum Gasteiger partial charge on any atom is 0.251 e. The summed E-state index contributed by atoms with van der Waals surface area (Å²) in [6, 6.07) is 25.3. The maximum absolute atomic E-state index is 13.1. The second-order valence-electron chi connectivity index (χ2n) is 9.46. The fourth-order valence-electron chi connectivity index (χ4n) is 4.68. The Hall–Kier alpha value is -5.36. The van der Waals surface area contributed by atoms with Crippen molar-refractivity contribution < 1.29 is 23.8 Å². The zero-order valence-electron chi connectivity index (χ0n) is 22.7. The number of anilines is 1. The van der Waals surface area contributed by atoms with Gasteiger partial charge in [-0.1, -0.05) is 30.3 Å². The second kappa shape index (κ2) is 12.2. The molecule has 4 aromatic rings. The fraction of sp³-hybridized carbons (Fsp3) is 0.188. The van der Waals surface area contributed by atoms with Gasteiger partial charge in [0.05, 0.1) is 19.8 Å². The number of hydrogen-bond donors (Lipinski definition) is 1. The van der Waals surface area contributed by atoms with E-state index in [1.165, 1.54) is 6.20 Å². The average Bonchev–Trinajstić information content (AvgIpc) is 3.41. The van der Waals surface area contributed by atoms with Crippen molar-refractivity contribution in [2.45, 2.75) is 18.9 Å². The number of hydrogen-bond acceptors (Lipinski definition) is 7. The normalized spacial score (nSPS) is 14.3. The number of ether oxygens (including phenoxy) is 3. The molecule has 1 aliphatic rings. The Morgan fingerprint density at radius 3 is 2.56 bits per heavy atom. The number of aromatic nitrogens is 1. The molecule has 1 atom stereocenters. The van der Waals surface area contributed by atoms with Crippen LogP contribution in [0.5, 0.6) is 23.0 Å². The molecule has 0 unspecified atom stereocenters. The first kappa shape index (κ1) is 27.2. The third-order valence-corrected chi connectivity index (χ3v) is 6.91. The smallest absolute Gasteiger partial charge is 0.251 e. The minimum absolute atomic E-state index is 0.0913. The standard InChI is InChI=1S/C32H28N4O5/c1-39-26-10-7-21(8-11-26)19-35-32(38)23-13-14-34-30(16-23)36-20-25(17-31(36)37)22-9-12-28(40-2)29(15-22)41-27-6-4-3-5-24(27)18-33/h3-16,25H,17,19-20H2,1-2H3,(H,35,38)/t25-/m0/s1. The van der Waals surface area contributed by atoms with Gasteiger partial charge in [-0.3, -0.25) is 14.5 Å². The van der Waals surface area contributed by atoms with E-state index in [2.05, 4.69) is 16.4 Å². The molecular weight excluding hydrogens is 520 g/mol. The molecular formula is C32H28N4O5. The lowest BCUT2D eigenvalue weighted by atomic mass is 9.98. The number of carbonyl (C=O) groups excluding carboxylic acids is 2. The molecule has 2 amide bonds. The van der Waals surface area contributed by atoms with Crippen LogP contribution in [0.3, 0.4) is 0 Å². The molecule has 0 saturated carbocycles. The minimum Gasteiger partial charge on any atom is -0.497 e. The highest BCUT2D eigenvalue weighted by atomic mass is 16.5. The van der Waals surface area contributed by atoms with Crippen molar-refractivity contribution in [3.8, 4) is 29.1 Å². The largest absolute Gasteiger partial charge is 0.497 e. The van der Waals surface area contributed by atoms with E-state index in [1.54, 1.807) is 61.6 Å². The molecule has 1 aromatic heterocycles. The lowest BCUT2D eigenvalue weighted by molar-refractivity contribution is -0.117. The highest BCUT2D eigenvalue weighted by Crippen LogP contribution is 2.38. The predicted octanol–water partition coefficient (Wildman–Crippen LogP) is 5.21. The first-order chi connectivity index (χ1) is 20.0. The monoisotopic (exact) mass is 548 g/mol. The number of benzene rings is 3. The molecule has 206 valence electrons. The summed E-state index contributed by atoms with van der Waals surface area (Å²) in [6.45, 7) is 0.745. The van der Waals surface area contributed by atoms with E-state index in [4.69, 9.17) is 14.2 Å². The molecule has 1 N–H and O–H groups in total. The molecule has 1 saturated heterocycles. The Bertz CT molecular complexity index is 1610. The summed E-state index contributed by atoms with van der Waals surface area (Å²) in [5.41, 5.74) is 2.64. The topological polar surface area (TPSA) is 114 Å². The lowest BCUT2D eigenvalue weighted by Gasteiger charge is -2.18. The molecule has 0 bridgehead atoms. The van der Waals surface area contributed by atoms with Gasteiger partial charge in [-0.05, 0) is 59.7 Å². The van der Waals surface area contributed by atoms with Crippen molar-refractivity contribution in [3.05, 3.63) is 107 Å². The number of nitrogens with zero attached hydrogens (tertiary/aromatic N) is 3. The van der Waals surface area contributed by atoms with Crippen molar-refractivity contribution in [2.24, 2.45) is 0 Å². The molecule has 0 aliphatic carbocycles. The van der Waals surface area contributed by atoms with Gasteiger partial charge in [0.25, 0.3) is 5.91 Å². The average molecular weight is 549 g/mol. The van der Waals surface area contributed by atoms with E-state index < -0.39 is 0 Å². The number of pyridine rings is 1. The Balaban J connectivity index is 1.29. The summed E-state index contributed by atoms with van der Waals surface area (Å²) in [6.07, 6.45) is 1.81. The van der Waals surface area contributed by atoms with Crippen molar-refractivity contribution in [1.29, 1.82) is 5.26 Å². The maximum atomic E-state index is 13.1. The van der Waals surface area contributed by atoms with Crippen LogP contribution in [-0.4, -0.2) is 37.6 Å². The molecule has 1 aliphatic heterocycles. The van der Waals surface area contributed by atoms with Gasteiger partial charge in [-0.2, -0.15) is 5.26 Å². The number of carbonyl (C=O) groups is 2. The van der Waals surface area contributed by atoms with Gasteiger partial charge in [0.1, 0.15) is 23.4 Å². The van der Waals surface area contributed by atoms with E-state index in [0.717, 1.165) is 16.9 Å². The van der Waals surface area contributed by atoms with Crippen molar-refractivity contribution in [3.63, 3.8) is 0 Å². The van der Waals surface area contributed by atoms with Crippen LogP contribution in [0, 0.1) is 11.3 Å². The Labute approximate surface area is 237 Å². The second-order valence-corrected chi connectivity index (χ2v) is 9.46. The number of nitrogens with one attached hydrogen (secondary N) is 1. The van der Waals surface area contributed by atoms with Crippen LogP contribution in [-0.2, 0) is 11.3 Å². The zero-order chi connectivity index (χ0) is 28.8. The van der Waals surface area contributed by atoms with Crippen LogP contribution >= 0.6 is 0 Å². The van der Waals surface area contributed by atoms with Crippen molar-refractivity contribution in [2.75, 3.05) is 25.7 Å². The van der Waals surface area contributed by atoms with Crippen LogP contribution in [0.2, 0.25) is 0 Å². The van der Waals surface area contributed by atoms with Crippen LogP contribution in [0.4, 0.5) is 5.82 Å². The van der Waals surface area contributed by atoms with Crippen LogP contribution in [0.15, 0.2) is 85.1 Å². The van der Waals surface area contributed by atoms with Crippen LogP contribution in [0.25, 0.3) is 0 Å². The van der Waals surface area contributed by atoms with Gasteiger partial charge in [0.2, 0.25) is 5.91 Å². The fourth-order valence-corrected chi connectivity index (χ4v) is 4.68. The molecule has 0 spiro atoms. The number of amides is 2. The molecule has 0 radical (unpaired) electrons. The summed E-state index contributed by atoms with van der Waals surface area (Å²) in [7, 11) is 3.15. The third kappa shape index (κ3) is 6.12. The van der Waals surface area contributed by atoms with E-state index in [0.29, 0.717) is 47.3 Å². The zero-order valence-corrected chi connectivity index (χ0v) is 22.7. The summed E-state index contributed by atoms with van der Waals surface area (Å²) in [5.74, 6) is 2.06. The quantitative estimate of drug-likeness (QED) is 0.305. The number of methoxy groups -OCH3 is 2.